The van der Waals surface area contributed by atoms with Gasteiger partial charge in [-0.15, -0.1) is 0 Å². The van der Waals surface area contributed by atoms with E-state index in [4.69, 9.17) is 4.42 Å². The number of furan rings is 1. The number of rotatable bonds is 3. The van der Waals surface area contributed by atoms with Crippen LogP contribution in [0.25, 0.3) is 0 Å². The smallest absolute Gasteiger partial charge is 0.257 e. The van der Waals surface area contributed by atoms with E-state index in [1.165, 1.54) is 19.3 Å². The third kappa shape index (κ3) is 2.13. The first kappa shape index (κ1) is 11.2. The minimum atomic E-state index is 0.0845. The van der Waals surface area contributed by atoms with Gasteiger partial charge in [0.2, 0.25) is 0 Å². The number of carbonyl (C=O) groups excluding carboxylic acids is 1. The summed E-state index contributed by atoms with van der Waals surface area (Å²) in [6.07, 6.45) is 3.85. The Kier molecular flexibility index (Phi) is 3.03. The first-order valence-electron chi connectivity index (χ1n) is 5.90. The van der Waals surface area contributed by atoms with Crippen molar-refractivity contribution >= 4 is 5.91 Å². The third-order valence-corrected chi connectivity index (χ3v) is 3.37. The molecule has 88 valence electrons. The van der Waals surface area contributed by atoms with Crippen LogP contribution in [0.5, 0.6) is 0 Å². The average Bonchev–Trinajstić information content (AvgIpc) is 2.50. The molecule has 1 aliphatic rings. The number of amides is 1. The Balaban J connectivity index is 2.02. The van der Waals surface area contributed by atoms with Crippen LogP contribution in [0.15, 0.2) is 10.5 Å². The molecule has 1 aromatic heterocycles. The Morgan fingerprint density at radius 3 is 2.62 bits per heavy atom. The van der Waals surface area contributed by atoms with Crippen molar-refractivity contribution in [2.75, 3.05) is 13.6 Å². The van der Waals surface area contributed by atoms with Crippen LogP contribution in [0.1, 0.15) is 41.1 Å². The molecule has 3 heteroatoms. The second-order valence-corrected chi connectivity index (χ2v) is 4.81. The van der Waals surface area contributed by atoms with Gasteiger partial charge in [-0.2, -0.15) is 0 Å². The SMILES string of the molecule is Cc1cc(C(=O)N(C)CC2CCC2)c(C)o1. The van der Waals surface area contributed by atoms with E-state index in [1.807, 2.05) is 31.9 Å². The summed E-state index contributed by atoms with van der Waals surface area (Å²) in [5.41, 5.74) is 0.708. The van der Waals surface area contributed by atoms with Gasteiger partial charge < -0.3 is 9.32 Å². The fourth-order valence-corrected chi connectivity index (χ4v) is 2.19. The van der Waals surface area contributed by atoms with Crippen LogP contribution in [0.2, 0.25) is 0 Å². The van der Waals surface area contributed by atoms with E-state index in [9.17, 15) is 4.79 Å². The Labute approximate surface area is 96.4 Å². The van der Waals surface area contributed by atoms with E-state index in [-0.39, 0.29) is 5.91 Å². The lowest BCUT2D eigenvalue weighted by molar-refractivity contribution is 0.0743. The topological polar surface area (TPSA) is 33.5 Å². The highest BCUT2D eigenvalue weighted by Crippen LogP contribution is 2.27. The molecule has 3 nitrogen and oxygen atoms in total. The number of hydrogen-bond donors (Lipinski definition) is 0. The molecular formula is C13H19NO2. The summed E-state index contributed by atoms with van der Waals surface area (Å²) in [7, 11) is 1.88. The summed E-state index contributed by atoms with van der Waals surface area (Å²) < 4.78 is 5.38. The van der Waals surface area contributed by atoms with E-state index >= 15 is 0 Å². The highest BCUT2D eigenvalue weighted by atomic mass is 16.3. The Hall–Kier alpha value is -1.25. The predicted octanol–water partition coefficient (Wildman–Crippen LogP) is 2.77. The predicted molar refractivity (Wildman–Crippen MR) is 62.5 cm³/mol. The van der Waals surface area contributed by atoms with Crippen molar-refractivity contribution in [3.05, 3.63) is 23.2 Å². The van der Waals surface area contributed by atoms with Crippen molar-refractivity contribution in [3.63, 3.8) is 0 Å². The number of carbonyl (C=O) groups is 1. The van der Waals surface area contributed by atoms with Gasteiger partial charge in [0.15, 0.2) is 0 Å². The van der Waals surface area contributed by atoms with Crippen molar-refractivity contribution in [1.29, 1.82) is 0 Å². The fraction of sp³-hybridized carbons (Fsp3) is 0.615. The van der Waals surface area contributed by atoms with Crippen molar-refractivity contribution in [3.8, 4) is 0 Å². The zero-order valence-corrected chi connectivity index (χ0v) is 10.2. The zero-order valence-electron chi connectivity index (χ0n) is 10.2. The van der Waals surface area contributed by atoms with Gasteiger partial charge >= 0.3 is 0 Å². The van der Waals surface area contributed by atoms with E-state index in [0.717, 1.165) is 18.1 Å². The lowest BCUT2D eigenvalue weighted by Crippen LogP contribution is -2.34. The fourth-order valence-electron chi connectivity index (χ4n) is 2.19. The summed E-state index contributed by atoms with van der Waals surface area (Å²) in [5, 5.41) is 0. The number of aryl methyl sites for hydroxylation is 2. The van der Waals surface area contributed by atoms with Gasteiger partial charge in [0.25, 0.3) is 5.91 Å². The molecule has 0 N–H and O–H groups in total. The monoisotopic (exact) mass is 221 g/mol. The van der Waals surface area contributed by atoms with Crippen LogP contribution in [0, 0.1) is 19.8 Å². The summed E-state index contributed by atoms with van der Waals surface area (Å²) >= 11 is 0. The molecule has 0 radical (unpaired) electrons. The maximum Gasteiger partial charge on any atom is 0.257 e. The molecule has 1 aromatic rings. The minimum absolute atomic E-state index is 0.0845. The normalized spacial score (nSPS) is 15.9. The quantitative estimate of drug-likeness (QED) is 0.786. The van der Waals surface area contributed by atoms with Crippen molar-refractivity contribution in [1.82, 2.24) is 4.90 Å². The van der Waals surface area contributed by atoms with E-state index < -0.39 is 0 Å². The van der Waals surface area contributed by atoms with Crippen LogP contribution in [0.4, 0.5) is 0 Å². The minimum Gasteiger partial charge on any atom is -0.466 e. The van der Waals surface area contributed by atoms with Crippen LogP contribution >= 0.6 is 0 Å². The molecule has 1 aliphatic carbocycles. The summed E-state index contributed by atoms with van der Waals surface area (Å²) in [4.78, 5) is 13.9. The van der Waals surface area contributed by atoms with Gasteiger partial charge in [0.05, 0.1) is 5.56 Å². The molecule has 1 fully saturated rings. The van der Waals surface area contributed by atoms with E-state index in [1.54, 1.807) is 0 Å². The van der Waals surface area contributed by atoms with Gasteiger partial charge in [-0.25, -0.2) is 0 Å². The first-order valence-corrected chi connectivity index (χ1v) is 5.90. The van der Waals surface area contributed by atoms with Crippen LogP contribution in [0.3, 0.4) is 0 Å². The summed E-state index contributed by atoms with van der Waals surface area (Å²) in [5.74, 6) is 2.32. The molecule has 1 heterocycles. The number of nitrogens with zero attached hydrogens (tertiary/aromatic N) is 1. The molecule has 1 saturated carbocycles. The standard InChI is InChI=1S/C13H19NO2/c1-9-7-12(10(2)16-9)13(15)14(3)8-11-5-4-6-11/h7,11H,4-6,8H2,1-3H3. The molecule has 0 spiro atoms. The molecule has 16 heavy (non-hydrogen) atoms. The number of hydrogen-bond acceptors (Lipinski definition) is 2. The highest BCUT2D eigenvalue weighted by Gasteiger charge is 2.23. The highest BCUT2D eigenvalue weighted by molar-refractivity contribution is 5.95. The lowest BCUT2D eigenvalue weighted by atomic mass is 9.85. The molecule has 0 bridgehead atoms. The second-order valence-electron chi connectivity index (χ2n) is 4.81. The average molecular weight is 221 g/mol. The van der Waals surface area contributed by atoms with Crippen molar-refractivity contribution in [2.45, 2.75) is 33.1 Å². The lowest BCUT2D eigenvalue weighted by Gasteiger charge is -2.30. The maximum atomic E-state index is 12.1. The molecule has 0 saturated heterocycles. The molecule has 0 aliphatic heterocycles. The van der Waals surface area contributed by atoms with Crippen LogP contribution < -0.4 is 0 Å². The van der Waals surface area contributed by atoms with Crippen LogP contribution in [-0.4, -0.2) is 24.4 Å². The summed E-state index contributed by atoms with van der Waals surface area (Å²) in [6, 6.07) is 1.83. The van der Waals surface area contributed by atoms with Gasteiger partial charge in [-0.3, -0.25) is 4.79 Å². The Morgan fingerprint density at radius 1 is 1.50 bits per heavy atom. The zero-order chi connectivity index (χ0) is 11.7. The first-order chi connectivity index (χ1) is 7.58. The molecule has 1 amide bonds. The van der Waals surface area contributed by atoms with Crippen molar-refractivity contribution < 1.29 is 9.21 Å². The molecule has 0 unspecified atom stereocenters. The van der Waals surface area contributed by atoms with Gasteiger partial charge in [-0.1, -0.05) is 6.42 Å². The Morgan fingerprint density at radius 2 is 2.19 bits per heavy atom. The van der Waals surface area contributed by atoms with Gasteiger partial charge in [-0.05, 0) is 38.7 Å². The van der Waals surface area contributed by atoms with Gasteiger partial charge in [0.1, 0.15) is 11.5 Å². The Bertz CT molecular complexity index is 391. The third-order valence-electron chi connectivity index (χ3n) is 3.37. The largest absolute Gasteiger partial charge is 0.466 e. The molecule has 0 aromatic carbocycles. The molecule has 2 rings (SSSR count). The van der Waals surface area contributed by atoms with E-state index in [0.29, 0.717) is 11.5 Å². The molecular weight excluding hydrogens is 202 g/mol. The molecule has 0 atom stereocenters. The summed E-state index contributed by atoms with van der Waals surface area (Å²) in [6.45, 7) is 4.59. The van der Waals surface area contributed by atoms with Crippen molar-refractivity contribution in [2.24, 2.45) is 5.92 Å². The maximum absolute atomic E-state index is 12.1. The second kappa shape index (κ2) is 4.32. The van der Waals surface area contributed by atoms with Gasteiger partial charge in [0, 0.05) is 13.6 Å². The van der Waals surface area contributed by atoms with E-state index in [2.05, 4.69) is 0 Å². The van der Waals surface area contributed by atoms with Crippen LogP contribution in [-0.2, 0) is 0 Å².